The molecule has 0 saturated carbocycles. The molecule has 0 radical (unpaired) electrons. The highest BCUT2D eigenvalue weighted by Gasteiger charge is 2.29. The van der Waals surface area contributed by atoms with Crippen molar-refractivity contribution >= 4 is 10.8 Å². The zero-order chi connectivity index (χ0) is 12.5. The molecule has 1 atom stereocenters. The van der Waals surface area contributed by atoms with E-state index in [2.05, 4.69) is 41.3 Å². The molecule has 3 N–H and O–H groups in total. The second-order valence-electron chi connectivity index (χ2n) is 4.80. The number of fused-ring (bicyclic) bond motifs is 3. The van der Waals surface area contributed by atoms with Crippen LogP contribution < -0.4 is 5.73 Å². The van der Waals surface area contributed by atoms with E-state index in [9.17, 15) is 0 Å². The fraction of sp³-hybridized carbons (Fsp3) is 0.333. The van der Waals surface area contributed by atoms with Gasteiger partial charge in [-0.3, -0.25) is 4.90 Å². The molecule has 3 nitrogen and oxygen atoms in total. The third kappa shape index (κ3) is 1.72. The SMILES string of the molecule is NCC1c2ccc3ccccc3c2CN1CCO. The molecule has 0 amide bonds. The average molecular weight is 242 g/mol. The van der Waals surface area contributed by atoms with Crippen molar-refractivity contribution in [3.05, 3.63) is 47.5 Å². The highest BCUT2D eigenvalue weighted by Crippen LogP contribution is 2.36. The van der Waals surface area contributed by atoms with Gasteiger partial charge in [0, 0.05) is 25.7 Å². The Hall–Kier alpha value is -1.42. The third-order valence-corrected chi connectivity index (χ3v) is 3.85. The largest absolute Gasteiger partial charge is 0.395 e. The third-order valence-electron chi connectivity index (χ3n) is 3.85. The molecule has 1 unspecified atom stereocenters. The summed E-state index contributed by atoms with van der Waals surface area (Å²) in [4.78, 5) is 2.26. The normalized spacial score (nSPS) is 19.3. The van der Waals surface area contributed by atoms with Crippen LogP contribution in [0.4, 0.5) is 0 Å². The number of hydrogen-bond acceptors (Lipinski definition) is 3. The maximum Gasteiger partial charge on any atom is 0.0558 e. The Kier molecular flexibility index (Phi) is 3.04. The molecule has 0 spiro atoms. The summed E-state index contributed by atoms with van der Waals surface area (Å²) in [5.74, 6) is 0. The lowest BCUT2D eigenvalue weighted by atomic mass is 9.98. The van der Waals surface area contributed by atoms with Crippen LogP contribution in [-0.4, -0.2) is 29.7 Å². The van der Waals surface area contributed by atoms with E-state index in [1.807, 2.05) is 0 Å². The van der Waals surface area contributed by atoms with Crippen LogP contribution in [0.1, 0.15) is 17.2 Å². The molecule has 0 aliphatic carbocycles. The molecule has 94 valence electrons. The average Bonchev–Trinajstić information content (AvgIpc) is 2.77. The minimum absolute atomic E-state index is 0.183. The van der Waals surface area contributed by atoms with Gasteiger partial charge in [-0.1, -0.05) is 36.4 Å². The summed E-state index contributed by atoms with van der Waals surface area (Å²) in [6, 6.07) is 13.1. The van der Waals surface area contributed by atoms with Gasteiger partial charge in [0.2, 0.25) is 0 Å². The fourth-order valence-corrected chi connectivity index (χ4v) is 2.99. The second-order valence-corrected chi connectivity index (χ2v) is 4.80. The molecule has 3 rings (SSSR count). The van der Waals surface area contributed by atoms with Crippen molar-refractivity contribution < 1.29 is 5.11 Å². The van der Waals surface area contributed by atoms with Crippen molar-refractivity contribution in [3.8, 4) is 0 Å². The fourth-order valence-electron chi connectivity index (χ4n) is 2.99. The number of aliphatic hydroxyl groups excluding tert-OH is 1. The van der Waals surface area contributed by atoms with Crippen LogP contribution in [0.5, 0.6) is 0 Å². The van der Waals surface area contributed by atoms with E-state index in [0.29, 0.717) is 13.1 Å². The van der Waals surface area contributed by atoms with E-state index >= 15 is 0 Å². The maximum atomic E-state index is 9.15. The van der Waals surface area contributed by atoms with Gasteiger partial charge in [-0.2, -0.15) is 0 Å². The highest BCUT2D eigenvalue weighted by atomic mass is 16.3. The van der Waals surface area contributed by atoms with Crippen LogP contribution in [0, 0.1) is 0 Å². The van der Waals surface area contributed by atoms with Crippen molar-refractivity contribution in [2.45, 2.75) is 12.6 Å². The molecule has 1 aliphatic rings. The van der Waals surface area contributed by atoms with E-state index in [1.54, 1.807) is 0 Å². The molecule has 0 fully saturated rings. The van der Waals surface area contributed by atoms with Gasteiger partial charge in [-0.25, -0.2) is 0 Å². The molecule has 3 heteroatoms. The maximum absolute atomic E-state index is 9.15. The van der Waals surface area contributed by atoms with Gasteiger partial charge >= 0.3 is 0 Å². The highest BCUT2D eigenvalue weighted by molar-refractivity contribution is 5.87. The molecule has 18 heavy (non-hydrogen) atoms. The van der Waals surface area contributed by atoms with Crippen LogP contribution >= 0.6 is 0 Å². The van der Waals surface area contributed by atoms with Gasteiger partial charge in [-0.15, -0.1) is 0 Å². The standard InChI is InChI=1S/C15H18N2O/c16-9-15-13-6-5-11-3-1-2-4-12(11)14(13)10-17(15)7-8-18/h1-6,15,18H,7-10,16H2. The van der Waals surface area contributed by atoms with Gasteiger partial charge in [0.25, 0.3) is 0 Å². The summed E-state index contributed by atoms with van der Waals surface area (Å²) in [7, 11) is 0. The summed E-state index contributed by atoms with van der Waals surface area (Å²) in [6.45, 7) is 2.36. The minimum Gasteiger partial charge on any atom is -0.395 e. The predicted molar refractivity (Wildman–Crippen MR) is 73.2 cm³/mol. The molecule has 0 bridgehead atoms. The Morgan fingerprint density at radius 1 is 1.22 bits per heavy atom. The first-order valence-corrected chi connectivity index (χ1v) is 6.40. The zero-order valence-corrected chi connectivity index (χ0v) is 10.3. The zero-order valence-electron chi connectivity index (χ0n) is 10.3. The second kappa shape index (κ2) is 4.69. The first-order chi connectivity index (χ1) is 8.85. The quantitative estimate of drug-likeness (QED) is 0.860. The number of β-amino-alcohol motifs (C(OH)–C–C–N with tert-alkyl or cyclic N) is 1. The Morgan fingerprint density at radius 2 is 2.06 bits per heavy atom. The number of hydrogen-bond donors (Lipinski definition) is 2. The first kappa shape index (κ1) is 11.7. The monoisotopic (exact) mass is 242 g/mol. The Balaban J connectivity index is 2.12. The molecule has 1 aliphatic heterocycles. The molecule has 2 aromatic carbocycles. The summed E-state index contributed by atoms with van der Waals surface area (Å²) in [5, 5.41) is 11.7. The van der Waals surface area contributed by atoms with Crippen molar-refractivity contribution in [1.82, 2.24) is 4.90 Å². The summed E-state index contributed by atoms with van der Waals surface area (Å²) >= 11 is 0. The van der Waals surface area contributed by atoms with Crippen LogP contribution in [0.15, 0.2) is 36.4 Å². The van der Waals surface area contributed by atoms with Gasteiger partial charge in [-0.05, 0) is 21.9 Å². The lowest BCUT2D eigenvalue weighted by Gasteiger charge is -2.22. The van der Waals surface area contributed by atoms with Crippen LogP contribution in [0.3, 0.4) is 0 Å². The van der Waals surface area contributed by atoms with Crippen LogP contribution in [-0.2, 0) is 6.54 Å². The van der Waals surface area contributed by atoms with Crippen molar-refractivity contribution in [2.75, 3.05) is 19.7 Å². The molecular formula is C15H18N2O. The lowest BCUT2D eigenvalue weighted by molar-refractivity contribution is 0.164. The van der Waals surface area contributed by atoms with Gasteiger partial charge < -0.3 is 10.8 Å². The van der Waals surface area contributed by atoms with E-state index in [0.717, 1.165) is 6.54 Å². The number of nitrogens with two attached hydrogens (primary N) is 1. The first-order valence-electron chi connectivity index (χ1n) is 6.40. The molecular weight excluding hydrogens is 224 g/mol. The van der Waals surface area contributed by atoms with Crippen molar-refractivity contribution in [2.24, 2.45) is 5.73 Å². The number of nitrogens with zero attached hydrogens (tertiary/aromatic N) is 1. The van der Waals surface area contributed by atoms with E-state index in [4.69, 9.17) is 10.8 Å². The summed E-state index contributed by atoms with van der Waals surface area (Å²) in [5.41, 5.74) is 8.59. The molecule has 0 aromatic heterocycles. The molecule has 2 aromatic rings. The predicted octanol–water partition coefficient (Wildman–Crippen LogP) is 1.65. The van der Waals surface area contributed by atoms with Gasteiger partial charge in [0.1, 0.15) is 0 Å². The topological polar surface area (TPSA) is 49.5 Å². The molecule has 1 heterocycles. The van der Waals surface area contributed by atoms with Gasteiger partial charge in [0.15, 0.2) is 0 Å². The Morgan fingerprint density at radius 3 is 2.83 bits per heavy atom. The van der Waals surface area contributed by atoms with E-state index in [1.165, 1.54) is 21.9 Å². The lowest BCUT2D eigenvalue weighted by Crippen LogP contribution is -2.30. The molecule has 0 saturated heterocycles. The van der Waals surface area contributed by atoms with E-state index in [-0.39, 0.29) is 12.6 Å². The Bertz CT molecular complexity index is 567. The summed E-state index contributed by atoms with van der Waals surface area (Å²) < 4.78 is 0. The summed E-state index contributed by atoms with van der Waals surface area (Å²) in [6.07, 6.45) is 0. The number of aliphatic hydroxyl groups is 1. The van der Waals surface area contributed by atoms with Gasteiger partial charge in [0.05, 0.1) is 6.61 Å². The number of benzene rings is 2. The van der Waals surface area contributed by atoms with E-state index < -0.39 is 0 Å². The minimum atomic E-state index is 0.183. The van der Waals surface area contributed by atoms with Crippen molar-refractivity contribution in [3.63, 3.8) is 0 Å². The number of rotatable bonds is 3. The smallest absolute Gasteiger partial charge is 0.0558 e. The van der Waals surface area contributed by atoms with Crippen LogP contribution in [0.25, 0.3) is 10.8 Å². The van der Waals surface area contributed by atoms with Crippen LogP contribution in [0.2, 0.25) is 0 Å². The Labute approximate surface area is 107 Å². The van der Waals surface area contributed by atoms with Crippen molar-refractivity contribution in [1.29, 1.82) is 0 Å².